The first-order chi connectivity index (χ1) is 16.0. The summed E-state index contributed by atoms with van der Waals surface area (Å²) in [5.74, 6) is -0.804. The van der Waals surface area contributed by atoms with E-state index < -0.39 is 11.7 Å². The zero-order valence-electron chi connectivity index (χ0n) is 18.3. The molecule has 7 nitrogen and oxygen atoms in total. The third-order valence-electron chi connectivity index (χ3n) is 5.23. The van der Waals surface area contributed by atoms with Crippen molar-refractivity contribution < 1.29 is 13.9 Å². The molecule has 170 valence electrons. The molecule has 9 heteroatoms. The highest BCUT2D eigenvalue weighted by Crippen LogP contribution is 2.28. The van der Waals surface area contributed by atoms with E-state index >= 15 is 0 Å². The van der Waals surface area contributed by atoms with Crippen LogP contribution in [0.5, 0.6) is 5.75 Å². The molecule has 2 heterocycles. The van der Waals surface area contributed by atoms with Crippen LogP contribution in [0.25, 0.3) is 22.0 Å². The number of hydrogen-bond acceptors (Lipinski definition) is 6. The van der Waals surface area contributed by atoms with E-state index in [1.807, 2.05) is 0 Å². The minimum Gasteiger partial charge on any atom is -0.494 e. The molecule has 0 unspecified atom stereocenters. The number of aryl methyl sites for hydroxylation is 1. The maximum absolute atomic E-state index is 14.0. The van der Waals surface area contributed by atoms with Gasteiger partial charge < -0.3 is 4.74 Å². The molecule has 4 rings (SSSR count). The van der Waals surface area contributed by atoms with Crippen molar-refractivity contribution in [1.29, 1.82) is 0 Å². The third kappa shape index (κ3) is 4.78. The van der Waals surface area contributed by atoms with Crippen molar-refractivity contribution in [2.24, 2.45) is 0 Å². The Morgan fingerprint density at radius 1 is 1.18 bits per heavy atom. The van der Waals surface area contributed by atoms with Crippen LogP contribution >= 0.6 is 11.3 Å². The quantitative estimate of drug-likeness (QED) is 0.365. The fraction of sp³-hybridized carbons (Fsp3) is 0.250. The molecule has 0 saturated heterocycles. The van der Waals surface area contributed by atoms with Gasteiger partial charge in [-0.1, -0.05) is 38.0 Å². The zero-order chi connectivity index (χ0) is 23.4. The monoisotopic (exact) mass is 466 g/mol. The number of methoxy groups -OCH3 is 1. The number of thiazole rings is 1. The number of carbonyl (C=O) groups is 1. The highest BCUT2D eigenvalue weighted by Gasteiger charge is 2.18. The highest BCUT2D eigenvalue weighted by atomic mass is 32.1. The smallest absolute Gasteiger partial charge is 0.278 e. The Kier molecular flexibility index (Phi) is 6.79. The first-order valence-corrected chi connectivity index (χ1v) is 11.5. The summed E-state index contributed by atoms with van der Waals surface area (Å²) in [6.45, 7) is 2.53. The number of nitrogens with one attached hydrogen (secondary N) is 1. The summed E-state index contributed by atoms with van der Waals surface area (Å²) in [4.78, 5) is 30.3. The molecule has 2 aromatic carbocycles. The van der Waals surface area contributed by atoms with Gasteiger partial charge in [0.05, 0.1) is 18.2 Å². The molecule has 0 spiro atoms. The van der Waals surface area contributed by atoms with E-state index in [1.165, 1.54) is 35.3 Å². The van der Waals surface area contributed by atoms with Crippen molar-refractivity contribution in [2.75, 3.05) is 12.4 Å². The van der Waals surface area contributed by atoms with Gasteiger partial charge in [-0.05, 0) is 30.7 Å². The van der Waals surface area contributed by atoms with Crippen LogP contribution in [0, 0.1) is 5.82 Å². The average Bonchev–Trinajstić information content (AvgIpc) is 3.29. The molecular formula is C24H23FN4O3S. The lowest BCUT2D eigenvalue weighted by Crippen LogP contribution is -2.27. The van der Waals surface area contributed by atoms with Gasteiger partial charge >= 0.3 is 0 Å². The molecule has 0 aliphatic rings. The minimum absolute atomic E-state index is 0.148. The van der Waals surface area contributed by atoms with Gasteiger partial charge in [0.15, 0.2) is 22.4 Å². The predicted molar refractivity (Wildman–Crippen MR) is 128 cm³/mol. The lowest BCUT2D eigenvalue weighted by atomic mass is 10.1. The standard InChI is InChI=1S/C24H23FN4O3S/c1-3-4-7-12-29-23(31)17-9-6-5-8-16(17)21(28-29)22(30)27-24-26-19(14-33-24)15-10-11-20(32-2)18(25)13-15/h5-6,8-11,13-14H,3-4,7,12H2,1-2H3,(H,26,27,30). The number of halogens is 1. The van der Waals surface area contributed by atoms with E-state index in [2.05, 4.69) is 22.3 Å². The lowest BCUT2D eigenvalue weighted by molar-refractivity contribution is 0.102. The van der Waals surface area contributed by atoms with Crippen molar-refractivity contribution in [2.45, 2.75) is 32.7 Å². The van der Waals surface area contributed by atoms with Crippen molar-refractivity contribution in [3.05, 3.63) is 69.7 Å². The van der Waals surface area contributed by atoms with Crippen LogP contribution in [0.2, 0.25) is 0 Å². The minimum atomic E-state index is -0.491. The third-order valence-corrected chi connectivity index (χ3v) is 5.99. The fourth-order valence-corrected chi connectivity index (χ4v) is 4.23. The number of fused-ring (bicyclic) bond motifs is 1. The second kappa shape index (κ2) is 9.91. The summed E-state index contributed by atoms with van der Waals surface area (Å²) < 4.78 is 20.4. The Morgan fingerprint density at radius 2 is 1.97 bits per heavy atom. The van der Waals surface area contributed by atoms with E-state index in [9.17, 15) is 14.0 Å². The van der Waals surface area contributed by atoms with Gasteiger partial charge in [0.1, 0.15) is 0 Å². The van der Waals surface area contributed by atoms with Crippen molar-refractivity contribution in [3.8, 4) is 17.0 Å². The Morgan fingerprint density at radius 3 is 2.70 bits per heavy atom. The second-order valence-corrected chi connectivity index (χ2v) is 8.33. The van der Waals surface area contributed by atoms with Crippen molar-refractivity contribution in [1.82, 2.24) is 14.8 Å². The molecule has 0 radical (unpaired) electrons. The largest absolute Gasteiger partial charge is 0.494 e. The highest BCUT2D eigenvalue weighted by molar-refractivity contribution is 7.14. The molecule has 33 heavy (non-hydrogen) atoms. The summed E-state index contributed by atoms with van der Waals surface area (Å²) in [7, 11) is 1.40. The lowest BCUT2D eigenvalue weighted by Gasteiger charge is -2.10. The van der Waals surface area contributed by atoms with Crippen molar-refractivity contribution in [3.63, 3.8) is 0 Å². The number of unbranched alkanes of at least 4 members (excludes halogenated alkanes) is 2. The molecule has 2 aromatic heterocycles. The Hall–Kier alpha value is -3.59. The first-order valence-electron chi connectivity index (χ1n) is 10.6. The van der Waals surface area contributed by atoms with Gasteiger partial charge in [-0.25, -0.2) is 14.1 Å². The molecule has 1 amide bonds. The SMILES string of the molecule is CCCCCn1nc(C(=O)Nc2nc(-c3ccc(OC)c(F)c3)cs2)c2ccccc2c1=O. The number of anilines is 1. The number of ether oxygens (including phenoxy) is 1. The molecular weight excluding hydrogens is 443 g/mol. The van der Waals surface area contributed by atoms with Gasteiger partial charge in [0.25, 0.3) is 11.5 Å². The molecule has 0 fully saturated rings. The number of nitrogens with zero attached hydrogens (tertiary/aromatic N) is 3. The maximum Gasteiger partial charge on any atom is 0.278 e. The van der Waals surface area contributed by atoms with Crippen LogP contribution in [0.1, 0.15) is 36.7 Å². The molecule has 0 saturated carbocycles. The molecule has 4 aromatic rings. The first kappa shape index (κ1) is 22.6. The van der Waals surface area contributed by atoms with E-state index in [-0.39, 0.29) is 17.0 Å². The van der Waals surface area contributed by atoms with Crippen LogP contribution in [-0.4, -0.2) is 27.8 Å². The average molecular weight is 467 g/mol. The molecule has 0 bridgehead atoms. The van der Waals surface area contributed by atoms with Crippen LogP contribution in [0.15, 0.2) is 52.6 Å². The normalized spacial score (nSPS) is 11.0. The Labute approximate surface area is 193 Å². The Balaban J connectivity index is 1.62. The zero-order valence-corrected chi connectivity index (χ0v) is 19.1. The summed E-state index contributed by atoms with van der Waals surface area (Å²) >= 11 is 1.22. The molecule has 0 aliphatic carbocycles. The predicted octanol–water partition coefficient (Wildman–Crippen LogP) is 5.11. The van der Waals surface area contributed by atoms with Gasteiger partial charge in [0.2, 0.25) is 0 Å². The topological polar surface area (TPSA) is 86.1 Å². The van der Waals surface area contributed by atoms with E-state index in [0.29, 0.717) is 33.7 Å². The molecule has 1 N–H and O–H groups in total. The van der Waals surface area contributed by atoms with Gasteiger partial charge in [-0.3, -0.25) is 14.9 Å². The number of amides is 1. The maximum atomic E-state index is 14.0. The van der Waals surface area contributed by atoms with Crippen LogP contribution in [0.3, 0.4) is 0 Å². The van der Waals surface area contributed by atoms with Crippen LogP contribution in [0.4, 0.5) is 9.52 Å². The van der Waals surface area contributed by atoms with E-state index in [1.54, 1.807) is 35.7 Å². The number of carbonyl (C=O) groups excluding carboxylic acids is 1. The fourth-order valence-electron chi connectivity index (χ4n) is 3.51. The Bertz CT molecular complexity index is 1370. The van der Waals surface area contributed by atoms with Crippen molar-refractivity contribution >= 4 is 33.1 Å². The van der Waals surface area contributed by atoms with Gasteiger partial charge in [-0.2, -0.15) is 5.10 Å². The number of rotatable bonds is 8. The van der Waals surface area contributed by atoms with Gasteiger partial charge in [0, 0.05) is 22.9 Å². The van der Waals surface area contributed by atoms with Crippen LogP contribution in [-0.2, 0) is 6.54 Å². The molecule has 0 atom stereocenters. The summed E-state index contributed by atoms with van der Waals surface area (Å²) in [6.07, 6.45) is 2.79. The van der Waals surface area contributed by atoms with E-state index in [0.717, 1.165) is 19.3 Å². The van der Waals surface area contributed by atoms with Gasteiger partial charge in [-0.15, -0.1) is 11.3 Å². The summed E-state index contributed by atoms with van der Waals surface area (Å²) in [5.41, 5.74) is 1.04. The van der Waals surface area contributed by atoms with E-state index in [4.69, 9.17) is 4.74 Å². The van der Waals surface area contributed by atoms with Crippen LogP contribution < -0.4 is 15.6 Å². The number of aromatic nitrogens is 3. The number of hydrogen-bond donors (Lipinski definition) is 1. The summed E-state index contributed by atoms with van der Waals surface area (Å²) in [5, 5.41) is 10.1. The summed E-state index contributed by atoms with van der Waals surface area (Å²) in [6, 6.07) is 11.5. The second-order valence-electron chi connectivity index (χ2n) is 7.47. The number of benzene rings is 2. The molecule has 0 aliphatic heterocycles.